The highest BCUT2D eigenvalue weighted by Crippen LogP contribution is 2.18. The quantitative estimate of drug-likeness (QED) is 0.678. The van der Waals surface area contributed by atoms with Gasteiger partial charge in [0.25, 0.3) is 0 Å². The molecule has 0 unspecified atom stereocenters. The highest BCUT2D eigenvalue weighted by molar-refractivity contribution is 5.16. The Balaban J connectivity index is 1.90. The van der Waals surface area contributed by atoms with Gasteiger partial charge in [-0.1, -0.05) is 62.2 Å². The third-order valence-electron chi connectivity index (χ3n) is 3.25. The van der Waals surface area contributed by atoms with E-state index in [-0.39, 0.29) is 0 Å². The van der Waals surface area contributed by atoms with Gasteiger partial charge in [-0.2, -0.15) is 0 Å². The molecule has 16 heavy (non-hydrogen) atoms. The average molecular weight is 215 g/mol. The SMILES string of the molecule is CCCC[C@H]1C=CCN1Cc1ccccc1. The zero-order valence-corrected chi connectivity index (χ0v) is 10.1. The molecule has 0 bridgehead atoms. The maximum atomic E-state index is 2.56. The Morgan fingerprint density at radius 2 is 2.06 bits per heavy atom. The topological polar surface area (TPSA) is 3.24 Å². The van der Waals surface area contributed by atoms with Crippen LogP contribution < -0.4 is 0 Å². The Bertz CT molecular complexity index is 329. The van der Waals surface area contributed by atoms with E-state index >= 15 is 0 Å². The van der Waals surface area contributed by atoms with E-state index in [0.717, 1.165) is 13.1 Å². The molecular weight excluding hydrogens is 194 g/mol. The third kappa shape index (κ3) is 2.96. The number of nitrogens with zero attached hydrogens (tertiary/aromatic N) is 1. The van der Waals surface area contributed by atoms with E-state index in [9.17, 15) is 0 Å². The van der Waals surface area contributed by atoms with Gasteiger partial charge in [-0.15, -0.1) is 0 Å². The van der Waals surface area contributed by atoms with Crippen LogP contribution in [0, 0.1) is 0 Å². The Hall–Kier alpha value is -1.08. The minimum atomic E-state index is 0.667. The van der Waals surface area contributed by atoms with Crippen molar-refractivity contribution in [3.8, 4) is 0 Å². The Kier molecular flexibility index (Phi) is 4.17. The first kappa shape index (κ1) is 11.4. The van der Waals surface area contributed by atoms with Gasteiger partial charge in [-0.3, -0.25) is 4.90 Å². The third-order valence-corrected chi connectivity index (χ3v) is 3.25. The molecule has 0 amide bonds. The first-order chi connectivity index (χ1) is 7.90. The highest BCUT2D eigenvalue weighted by atomic mass is 15.2. The van der Waals surface area contributed by atoms with Crippen LogP contribution in [0.15, 0.2) is 42.5 Å². The predicted molar refractivity (Wildman–Crippen MR) is 69.3 cm³/mol. The van der Waals surface area contributed by atoms with Crippen molar-refractivity contribution in [3.63, 3.8) is 0 Å². The Morgan fingerprint density at radius 3 is 2.81 bits per heavy atom. The van der Waals surface area contributed by atoms with Crippen molar-refractivity contribution < 1.29 is 0 Å². The zero-order valence-electron chi connectivity index (χ0n) is 10.1. The van der Waals surface area contributed by atoms with Gasteiger partial charge in [0.1, 0.15) is 0 Å². The van der Waals surface area contributed by atoms with Crippen molar-refractivity contribution in [2.24, 2.45) is 0 Å². The van der Waals surface area contributed by atoms with Gasteiger partial charge in [-0.25, -0.2) is 0 Å². The lowest BCUT2D eigenvalue weighted by atomic mass is 10.1. The summed E-state index contributed by atoms with van der Waals surface area (Å²) in [6.45, 7) is 4.46. The molecule has 0 saturated heterocycles. The van der Waals surface area contributed by atoms with Crippen molar-refractivity contribution in [1.29, 1.82) is 0 Å². The van der Waals surface area contributed by atoms with Crippen LogP contribution in [0.4, 0.5) is 0 Å². The molecule has 1 atom stereocenters. The largest absolute Gasteiger partial charge is 0.289 e. The van der Waals surface area contributed by atoms with E-state index in [1.165, 1.54) is 24.8 Å². The maximum Gasteiger partial charge on any atom is 0.0285 e. The summed E-state index contributed by atoms with van der Waals surface area (Å²) in [4.78, 5) is 2.56. The van der Waals surface area contributed by atoms with Gasteiger partial charge in [0, 0.05) is 19.1 Å². The number of rotatable bonds is 5. The molecule has 1 aromatic rings. The molecule has 1 heteroatoms. The lowest BCUT2D eigenvalue weighted by Crippen LogP contribution is -2.29. The first-order valence-corrected chi connectivity index (χ1v) is 6.35. The van der Waals surface area contributed by atoms with Gasteiger partial charge in [-0.05, 0) is 12.0 Å². The summed E-state index contributed by atoms with van der Waals surface area (Å²) in [5.41, 5.74) is 1.42. The molecule has 0 saturated carbocycles. The minimum Gasteiger partial charge on any atom is -0.289 e. The fraction of sp³-hybridized carbons (Fsp3) is 0.467. The van der Waals surface area contributed by atoms with Crippen LogP contribution in [0.2, 0.25) is 0 Å². The smallest absolute Gasteiger partial charge is 0.0285 e. The Morgan fingerprint density at radius 1 is 1.25 bits per heavy atom. The summed E-state index contributed by atoms with van der Waals surface area (Å²) in [5, 5.41) is 0. The summed E-state index contributed by atoms with van der Waals surface area (Å²) in [7, 11) is 0. The highest BCUT2D eigenvalue weighted by Gasteiger charge is 2.18. The molecule has 0 radical (unpaired) electrons. The second-order valence-corrected chi connectivity index (χ2v) is 4.55. The number of benzene rings is 1. The van der Waals surface area contributed by atoms with Gasteiger partial charge >= 0.3 is 0 Å². The van der Waals surface area contributed by atoms with Crippen LogP contribution in [0.3, 0.4) is 0 Å². The normalized spacial score (nSPS) is 20.4. The summed E-state index contributed by atoms with van der Waals surface area (Å²) < 4.78 is 0. The lowest BCUT2D eigenvalue weighted by Gasteiger charge is -2.24. The molecule has 0 aromatic heterocycles. The van der Waals surface area contributed by atoms with Crippen molar-refractivity contribution >= 4 is 0 Å². The monoisotopic (exact) mass is 215 g/mol. The van der Waals surface area contributed by atoms with Crippen molar-refractivity contribution in [3.05, 3.63) is 48.0 Å². The minimum absolute atomic E-state index is 0.667. The molecule has 1 nitrogen and oxygen atoms in total. The molecule has 0 aliphatic carbocycles. The molecule has 0 spiro atoms. The van der Waals surface area contributed by atoms with Crippen LogP contribution in [-0.2, 0) is 6.54 Å². The second-order valence-electron chi connectivity index (χ2n) is 4.55. The van der Waals surface area contributed by atoms with Crippen LogP contribution in [0.5, 0.6) is 0 Å². The molecule has 1 aliphatic heterocycles. The van der Waals surface area contributed by atoms with Gasteiger partial charge in [0.2, 0.25) is 0 Å². The molecule has 0 N–H and O–H groups in total. The average Bonchev–Trinajstić information content (AvgIpc) is 2.75. The van der Waals surface area contributed by atoms with E-state index in [0.29, 0.717) is 6.04 Å². The second kappa shape index (κ2) is 5.86. The molecular formula is C15H21N. The fourth-order valence-electron chi connectivity index (χ4n) is 2.30. The fourth-order valence-corrected chi connectivity index (χ4v) is 2.30. The van der Waals surface area contributed by atoms with Gasteiger partial charge in [0.15, 0.2) is 0 Å². The van der Waals surface area contributed by atoms with Gasteiger partial charge < -0.3 is 0 Å². The maximum absolute atomic E-state index is 2.56. The summed E-state index contributed by atoms with van der Waals surface area (Å²) >= 11 is 0. The van der Waals surface area contributed by atoms with E-state index in [1.54, 1.807) is 0 Å². The molecule has 1 aromatic carbocycles. The van der Waals surface area contributed by atoms with Gasteiger partial charge in [0.05, 0.1) is 0 Å². The first-order valence-electron chi connectivity index (χ1n) is 6.35. The summed E-state index contributed by atoms with van der Waals surface area (Å²) in [5.74, 6) is 0. The van der Waals surface area contributed by atoms with E-state index in [4.69, 9.17) is 0 Å². The Labute approximate surface area is 98.8 Å². The predicted octanol–water partition coefficient (Wildman–Crippen LogP) is 3.62. The van der Waals surface area contributed by atoms with E-state index < -0.39 is 0 Å². The van der Waals surface area contributed by atoms with E-state index in [1.807, 2.05) is 0 Å². The van der Waals surface area contributed by atoms with Crippen LogP contribution >= 0.6 is 0 Å². The number of hydrogen-bond acceptors (Lipinski definition) is 1. The van der Waals surface area contributed by atoms with Crippen LogP contribution in [0.1, 0.15) is 31.7 Å². The van der Waals surface area contributed by atoms with E-state index in [2.05, 4.69) is 54.3 Å². The molecule has 1 aliphatic rings. The summed E-state index contributed by atoms with van der Waals surface area (Å²) in [6, 6.07) is 11.4. The van der Waals surface area contributed by atoms with Crippen molar-refractivity contribution in [2.75, 3.05) is 6.54 Å². The molecule has 0 fully saturated rings. The van der Waals surface area contributed by atoms with Crippen molar-refractivity contribution in [1.82, 2.24) is 4.90 Å². The van der Waals surface area contributed by atoms with Crippen LogP contribution in [-0.4, -0.2) is 17.5 Å². The number of hydrogen-bond donors (Lipinski definition) is 0. The lowest BCUT2D eigenvalue weighted by molar-refractivity contribution is 0.249. The van der Waals surface area contributed by atoms with Crippen molar-refractivity contribution in [2.45, 2.75) is 38.8 Å². The molecule has 86 valence electrons. The molecule has 2 rings (SSSR count). The number of unbranched alkanes of at least 4 members (excludes halogenated alkanes) is 1. The molecule has 1 heterocycles. The zero-order chi connectivity index (χ0) is 11.2. The standard InChI is InChI=1S/C15H21N/c1-2-3-10-15-11-7-12-16(15)13-14-8-5-4-6-9-14/h4-9,11,15H,2-3,10,12-13H2,1H3/t15-/m0/s1. The summed E-state index contributed by atoms with van der Waals surface area (Å²) in [6.07, 6.45) is 8.62. The van der Waals surface area contributed by atoms with Crippen LogP contribution in [0.25, 0.3) is 0 Å².